The standard InChI is InChI=1S/C26H32Cl3N3O5S/c1-4-23(26(34)30-18-7-5-6-8-18)31(15-17-9-11-19(37-2)12-10-17)25(33)16-32(38(3,35)36)24-14-21(28)20(27)13-22(24)29/h9-14,18,23H,4-8,15-16H2,1-3H3,(H,30,34). The van der Waals surface area contributed by atoms with Gasteiger partial charge in [-0.3, -0.25) is 13.9 Å². The van der Waals surface area contributed by atoms with Crippen LogP contribution < -0.4 is 14.4 Å². The first-order chi connectivity index (χ1) is 17.9. The number of anilines is 1. The maximum Gasteiger partial charge on any atom is 0.244 e. The second kappa shape index (κ2) is 13.2. The number of nitrogens with one attached hydrogen (secondary N) is 1. The van der Waals surface area contributed by atoms with E-state index >= 15 is 0 Å². The largest absolute Gasteiger partial charge is 0.497 e. The van der Waals surface area contributed by atoms with Crippen molar-refractivity contribution in [1.29, 1.82) is 0 Å². The molecule has 2 aromatic rings. The van der Waals surface area contributed by atoms with Crippen LogP contribution >= 0.6 is 34.8 Å². The van der Waals surface area contributed by atoms with Crippen LogP contribution in [-0.2, 0) is 26.2 Å². The van der Waals surface area contributed by atoms with Crippen molar-refractivity contribution < 1.29 is 22.7 Å². The predicted molar refractivity (Wildman–Crippen MR) is 152 cm³/mol. The molecule has 0 aliphatic heterocycles. The van der Waals surface area contributed by atoms with Crippen LogP contribution in [-0.4, -0.2) is 57.1 Å². The first-order valence-electron chi connectivity index (χ1n) is 12.3. The third kappa shape index (κ3) is 7.68. The number of ether oxygens (including phenoxy) is 1. The van der Waals surface area contributed by atoms with E-state index in [9.17, 15) is 18.0 Å². The summed E-state index contributed by atoms with van der Waals surface area (Å²) >= 11 is 18.5. The molecule has 12 heteroatoms. The van der Waals surface area contributed by atoms with Gasteiger partial charge < -0.3 is 15.0 Å². The Labute approximate surface area is 239 Å². The van der Waals surface area contributed by atoms with Crippen LogP contribution in [0.1, 0.15) is 44.6 Å². The number of halogens is 3. The molecule has 3 rings (SSSR count). The summed E-state index contributed by atoms with van der Waals surface area (Å²) in [6, 6.07) is 9.00. The maximum atomic E-state index is 13.8. The van der Waals surface area contributed by atoms with Gasteiger partial charge in [-0.2, -0.15) is 0 Å². The van der Waals surface area contributed by atoms with E-state index < -0.39 is 28.5 Å². The number of rotatable bonds is 11. The minimum absolute atomic E-state index is 0.0183. The average Bonchev–Trinajstić information content (AvgIpc) is 3.37. The predicted octanol–water partition coefficient (Wildman–Crippen LogP) is 5.29. The van der Waals surface area contributed by atoms with Crippen LogP contribution in [0.5, 0.6) is 5.75 Å². The molecule has 0 radical (unpaired) electrons. The van der Waals surface area contributed by atoms with Crippen molar-refractivity contribution >= 4 is 62.3 Å². The molecule has 8 nitrogen and oxygen atoms in total. The molecular weight excluding hydrogens is 573 g/mol. The number of carbonyl (C=O) groups excluding carboxylic acids is 2. The highest BCUT2D eigenvalue weighted by molar-refractivity contribution is 7.92. The van der Waals surface area contributed by atoms with Crippen LogP contribution in [0.15, 0.2) is 36.4 Å². The molecule has 0 aromatic heterocycles. The summed E-state index contributed by atoms with van der Waals surface area (Å²) in [6.45, 7) is 1.32. The Hall–Kier alpha value is -2.20. The Kier molecular flexibility index (Phi) is 10.6. The lowest BCUT2D eigenvalue weighted by Crippen LogP contribution is -2.53. The Morgan fingerprint density at radius 3 is 2.21 bits per heavy atom. The summed E-state index contributed by atoms with van der Waals surface area (Å²) in [4.78, 5) is 28.6. The lowest BCUT2D eigenvalue weighted by molar-refractivity contribution is -0.140. The van der Waals surface area contributed by atoms with Crippen LogP contribution in [0.4, 0.5) is 5.69 Å². The molecule has 1 aliphatic rings. The van der Waals surface area contributed by atoms with Crippen molar-refractivity contribution in [2.45, 2.75) is 57.7 Å². The van der Waals surface area contributed by atoms with Gasteiger partial charge in [0.15, 0.2) is 0 Å². The second-order valence-electron chi connectivity index (χ2n) is 9.27. The first-order valence-corrected chi connectivity index (χ1v) is 15.3. The maximum absolute atomic E-state index is 13.8. The molecule has 38 heavy (non-hydrogen) atoms. The summed E-state index contributed by atoms with van der Waals surface area (Å²) in [7, 11) is -2.41. The number of amides is 2. The van der Waals surface area contributed by atoms with Gasteiger partial charge in [-0.15, -0.1) is 0 Å². The first kappa shape index (κ1) is 30.3. The molecule has 2 amide bonds. The summed E-state index contributed by atoms with van der Waals surface area (Å²) in [6.07, 6.45) is 5.19. The van der Waals surface area contributed by atoms with E-state index in [-0.39, 0.29) is 39.2 Å². The molecule has 1 N–H and O–H groups in total. The van der Waals surface area contributed by atoms with Crippen molar-refractivity contribution in [2.75, 3.05) is 24.2 Å². The van der Waals surface area contributed by atoms with Gasteiger partial charge in [0, 0.05) is 12.6 Å². The average molecular weight is 605 g/mol. The zero-order chi connectivity index (χ0) is 28.0. The number of nitrogens with zero attached hydrogens (tertiary/aromatic N) is 2. The van der Waals surface area contributed by atoms with E-state index in [1.807, 2.05) is 6.92 Å². The fourth-order valence-electron chi connectivity index (χ4n) is 4.51. The smallest absolute Gasteiger partial charge is 0.244 e. The molecule has 1 atom stereocenters. The van der Waals surface area contributed by atoms with Crippen molar-refractivity contribution in [3.05, 3.63) is 57.0 Å². The van der Waals surface area contributed by atoms with E-state index in [4.69, 9.17) is 39.5 Å². The highest BCUT2D eigenvalue weighted by Crippen LogP contribution is 2.35. The zero-order valence-corrected chi connectivity index (χ0v) is 24.6. The van der Waals surface area contributed by atoms with E-state index in [1.165, 1.54) is 17.0 Å². The molecule has 0 spiro atoms. The van der Waals surface area contributed by atoms with Crippen LogP contribution in [0.3, 0.4) is 0 Å². The van der Waals surface area contributed by atoms with Gasteiger partial charge in [-0.1, -0.05) is 66.7 Å². The van der Waals surface area contributed by atoms with Crippen LogP contribution in [0.25, 0.3) is 0 Å². The molecule has 0 bridgehead atoms. The molecule has 0 heterocycles. The number of sulfonamides is 1. The van der Waals surface area contributed by atoms with Gasteiger partial charge in [-0.25, -0.2) is 8.42 Å². The number of carbonyl (C=O) groups is 2. The van der Waals surface area contributed by atoms with Crippen molar-refractivity contribution in [3.63, 3.8) is 0 Å². The molecule has 208 valence electrons. The van der Waals surface area contributed by atoms with E-state index in [0.717, 1.165) is 41.8 Å². The summed E-state index contributed by atoms with van der Waals surface area (Å²) in [5.74, 6) is -0.184. The molecule has 0 saturated heterocycles. The van der Waals surface area contributed by atoms with Crippen molar-refractivity contribution in [1.82, 2.24) is 10.2 Å². The minimum atomic E-state index is -3.97. The van der Waals surface area contributed by atoms with E-state index in [2.05, 4.69) is 5.32 Å². The molecule has 2 aromatic carbocycles. The molecular formula is C26H32Cl3N3O5S. The number of hydrogen-bond acceptors (Lipinski definition) is 5. The van der Waals surface area contributed by atoms with Gasteiger partial charge in [0.2, 0.25) is 21.8 Å². The van der Waals surface area contributed by atoms with Crippen molar-refractivity contribution in [3.8, 4) is 5.75 Å². The summed E-state index contributed by atoms with van der Waals surface area (Å²) < 4.78 is 31.7. The summed E-state index contributed by atoms with van der Waals surface area (Å²) in [5.41, 5.74) is 0.773. The topological polar surface area (TPSA) is 96.0 Å². The summed E-state index contributed by atoms with van der Waals surface area (Å²) in [5, 5.41) is 3.32. The van der Waals surface area contributed by atoms with Crippen LogP contribution in [0, 0.1) is 0 Å². The molecule has 1 saturated carbocycles. The van der Waals surface area contributed by atoms with Gasteiger partial charge >= 0.3 is 0 Å². The normalized spacial score (nSPS) is 14.7. The fourth-order valence-corrected chi connectivity index (χ4v) is 6.06. The van der Waals surface area contributed by atoms with E-state index in [1.54, 1.807) is 31.4 Å². The highest BCUT2D eigenvalue weighted by atomic mass is 35.5. The van der Waals surface area contributed by atoms with Gasteiger partial charge in [0.05, 0.1) is 34.1 Å². The Bertz CT molecular complexity index is 1250. The van der Waals surface area contributed by atoms with Gasteiger partial charge in [0.1, 0.15) is 18.3 Å². The Balaban J connectivity index is 1.96. The quantitative estimate of drug-likeness (QED) is 0.352. The van der Waals surface area contributed by atoms with Gasteiger partial charge in [0.25, 0.3) is 0 Å². The minimum Gasteiger partial charge on any atom is -0.497 e. The number of benzene rings is 2. The molecule has 1 fully saturated rings. The fraction of sp³-hybridized carbons (Fsp3) is 0.462. The van der Waals surface area contributed by atoms with E-state index in [0.29, 0.717) is 12.2 Å². The molecule has 1 unspecified atom stereocenters. The Morgan fingerprint density at radius 2 is 1.66 bits per heavy atom. The lowest BCUT2D eigenvalue weighted by Gasteiger charge is -2.33. The molecule has 1 aliphatic carbocycles. The Morgan fingerprint density at radius 1 is 1.05 bits per heavy atom. The monoisotopic (exact) mass is 603 g/mol. The second-order valence-corrected chi connectivity index (χ2v) is 12.4. The van der Waals surface area contributed by atoms with Crippen LogP contribution in [0.2, 0.25) is 15.1 Å². The number of hydrogen-bond donors (Lipinski definition) is 1. The third-order valence-electron chi connectivity index (χ3n) is 6.54. The highest BCUT2D eigenvalue weighted by Gasteiger charge is 2.33. The van der Waals surface area contributed by atoms with Gasteiger partial charge in [-0.05, 0) is 49.1 Å². The van der Waals surface area contributed by atoms with Crippen molar-refractivity contribution in [2.24, 2.45) is 0 Å². The zero-order valence-electron chi connectivity index (χ0n) is 21.5. The SMILES string of the molecule is CCC(C(=O)NC1CCCC1)N(Cc1ccc(OC)cc1)C(=O)CN(c1cc(Cl)c(Cl)cc1Cl)S(C)(=O)=O. The number of methoxy groups -OCH3 is 1. The lowest BCUT2D eigenvalue weighted by atomic mass is 10.1. The third-order valence-corrected chi connectivity index (χ3v) is 8.69.